The van der Waals surface area contributed by atoms with Crippen LogP contribution in [0.4, 0.5) is 0 Å². The van der Waals surface area contributed by atoms with Gasteiger partial charge in [0.25, 0.3) is 5.91 Å². The van der Waals surface area contributed by atoms with E-state index in [0.717, 1.165) is 11.1 Å². The Morgan fingerprint density at radius 3 is 1.77 bits per heavy atom. The summed E-state index contributed by atoms with van der Waals surface area (Å²) < 4.78 is 5.85. The van der Waals surface area contributed by atoms with Crippen LogP contribution in [0.15, 0.2) is 84.9 Å². The first-order valence-corrected chi connectivity index (χ1v) is 9.85. The zero-order chi connectivity index (χ0) is 21.3. The molecule has 3 aromatic carbocycles. The van der Waals surface area contributed by atoms with Crippen LogP contribution in [0.3, 0.4) is 0 Å². The van der Waals surface area contributed by atoms with Gasteiger partial charge in [-0.25, -0.2) is 0 Å². The summed E-state index contributed by atoms with van der Waals surface area (Å²) in [5.74, 6) is -0.466. The molecule has 0 aliphatic rings. The van der Waals surface area contributed by atoms with Crippen LogP contribution in [0.1, 0.15) is 23.6 Å². The highest BCUT2D eigenvalue weighted by Gasteiger charge is 2.22. The number of benzene rings is 3. The molecule has 3 aromatic rings. The Bertz CT molecular complexity index is 914. The van der Waals surface area contributed by atoms with Crippen molar-refractivity contribution in [3.05, 3.63) is 102 Å². The van der Waals surface area contributed by atoms with Gasteiger partial charge in [0, 0.05) is 13.1 Å². The number of amides is 1. The Hall–Kier alpha value is -3.60. The Balaban J connectivity index is 1.71. The zero-order valence-electron chi connectivity index (χ0n) is 16.9. The monoisotopic (exact) mass is 403 g/mol. The lowest BCUT2D eigenvalue weighted by Crippen LogP contribution is -2.39. The largest absolute Gasteiger partial charge is 0.481 e. The average molecular weight is 403 g/mol. The first kappa shape index (κ1) is 21.1. The molecule has 1 atom stereocenters. The summed E-state index contributed by atoms with van der Waals surface area (Å²) in [7, 11) is 0. The van der Waals surface area contributed by atoms with Crippen molar-refractivity contribution >= 4 is 11.9 Å². The van der Waals surface area contributed by atoms with Gasteiger partial charge in [0.05, 0.1) is 6.42 Å². The number of carbonyl (C=O) groups is 2. The Morgan fingerprint density at radius 1 is 0.800 bits per heavy atom. The van der Waals surface area contributed by atoms with E-state index in [9.17, 15) is 9.59 Å². The van der Waals surface area contributed by atoms with Crippen molar-refractivity contribution in [3.8, 4) is 5.75 Å². The molecule has 0 fully saturated rings. The summed E-state index contributed by atoms with van der Waals surface area (Å²) in [4.78, 5) is 25.8. The molecule has 0 saturated carbocycles. The third kappa shape index (κ3) is 6.21. The van der Waals surface area contributed by atoms with Gasteiger partial charge in [0.1, 0.15) is 5.75 Å². The Labute approximate surface area is 176 Å². The highest BCUT2D eigenvalue weighted by Crippen LogP contribution is 2.17. The smallest absolute Gasteiger partial charge is 0.307 e. The zero-order valence-corrected chi connectivity index (χ0v) is 16.9. The van der Waals surface area contributed by atoms with E-state index in [2.05, 4.69) is 0 Å². The molecule has 30 heavy (non-hydrogen) atoms. The van der Waals surface area contributed by atoms with Crippen molar-refractivity contribution in [3.63, 3.8) is 0 Å². The van der Waals surface area contributed by atoms with Crippen molar-refractivity contribution in [2.45, 2.75) is 32.5 Å². The molecule has 154 valence electrons. The highest BCUT2D eigenvalue weighted by molar-refractivity contribution is 5.81. The van der Waals surface area contributed by atoms with E-state index in [1.54, 1.807) is 36.1 Å². The maximum absolute atomic E-state index is 13.2. The number of rotatable bonds is 9. The number of carboxylic acid groups (broad SMARTS) is 1. The van der Waals surface area contributed by atoms with Crippen molar-refractivity contribution in [1.82, 2.24) is 4.90 Å². The number of hydrogen-bond donors (Lipinski definition) is 1. The highest BCUT2D eigenvalue weighted by atomic mass is 16.5. The first-order chi connectivity index (χ1) is 14.5. The molecule has 0 aliphatic carbocycles. The fourth-order valence-electron chi connectivity index (χ4n) is 3.19. The maximum atomic E-state index is 13.2. The standard InChI is InChI=1S/C25H25NO4/c1-19(30-23-14-12-20(13-15-23)16-24(27)28)25(29)26(17-21-8-4-2-5-9-21)18-22-10-6-3-7-11-22/h2-15,19H,16-18H2,1H3,(H,27,28). The second-order valence-electron chi connectivity index (χ2n) is 7.14. The fraction of sp³-hybridized carbons (Fsp3) is 0.200. The third-order valence-electron chi connectivity index (χ3n) is 4.68. The van der Waals surface area contributed by atoms with Crippen LogP contribution in [0, 0.1) is 0 Å². The van der Waals surface area contributed by atoms with Crippen LogP contribution < -0.4 is 4.74 Å². The minimum atomic E-state index is -0.885. The average Bonchev–Trinajstić information content (AvgIpc) is 2.75. The molecule has 1 amide bonds. The molecule has 5 nitrogen and oxygen atoms in total. The Kier molecular flexibility index (Phi) is 7.22. The lowest BCUT2D eigenvalue weighted by atomic mass is 10.1. The minimum Gasteiger partial charge on any atom is -0.481 e. The van der Waals surface area contributed by atoms with Crippen molar-refractivity contribution in [1.29, 1.82) is 0 Å². The van der Waals surface area contributed by atoms with Gasteiger partial charge in [-0.05, 0) is 35.7 Å². The van der Waals surface area contributed by atoms with Gasteiger partial charge < -0.3 is 14.7 Å². The molecule has 0 spiro atoms. The predicted octanol–water partition coefficient (Wildman–Crippen LogP) is 4.31. The van der Waals surface area contributed by atoms with E-state index in [1.165, 1.54) is 0 Å². The number of carboxylic acids is 1. The summed E-state index contributed by atoms with van der Waals surface area (Å²) in [5.41, 5.74) is 2.78. The Morgan fingerprint density at radius 2 is 1.30 bits per heavy atom. The summed E-state index contributed by atoms with van der Waals surface area (Å²) >= 11 is 0. The van der Waals surface area contributed by atoms with Gasteiger partial charge in [-0.2, -0.15) is 0 Å². The number of ether oxygens (including phenoxy) is 1. The topological polar surface area (TPSA) is 66.8 Å². The van der Waals surface area contributed by atoms with E-state index in [4.69, 9.17) is 9.84 Å². The molecule has 1 unspecified atom stereocenters. The molecule has 0 saturated heterocycles. The van der Waals surface area contributed by atoms with Crippen LogP contribution in [-0.4, -0.2) is 28.0 Å². The van der Waals surface area contributed by atoms with Gasteiger partial charge in [0.2, 0.25) is 0 Å². The van der Waals surface area contributed by atoms with E-state index in [0.29, 0.717) is 24.4 Å². The second kappa shape index (κ2) is 10.3. The summed E-state index contributed by atoms with van der Waals surface area (Å²) in [6.07, 6.45) is -0.723. The van der Waals surface area contributed by atoms with E-state index < -0.39 is 12.1 Å². The number of carbonyl (C=O) groups excluding carboxylic acids is 1. The minimum absolute atomic E-state index is 0.0449. The molecule has 1 N–H and O–H groups in total. The molecule has 5 heteroatoms. The normalized spacial score (nSPS) is 11.5. The van der Waals surface area contributed by atoms with E-state index >= 15 is 0 Å². The predicted molar refractivity (Wildman–Crippen MR) is 115 cm³/mol. The van der Waals surface area contributed by atoms with Gasteiger partial charge >= 0.3 is 5.97 Å². The van der Waals surface area contributed by atoms with Crippen LogP contribution in [-0.2, 0) is 29.1 Å². The molecular formula is C25H25NO4. The summed E-state index contributed by atoms with van der Waals surface area (Å²) in [6.45, 7) is 2.70. The number of aliphatic carboxylic acids is 1. The number of hydrogen-bond acceptors (Lipinski definition) is 3. The molecule has 0 aromatic heterocycles. The summed E-state index contributed by atoms with van der Waals surface area (Å²) in [5, 5.41) is 8.88. The van der Waals surface area contributed by atoms with Gasteiger partial charge in [0.15, 0.2) is 6.10 Å². The second-order valence-corrected chi connectivity index (χ2v) is 7.14. The number of nitrogens with zero attached hydrogens (tertiary/aromatic N) is 1. The van der Waals surface area contributed by atoms with Crippen LogP contribution in [0.25, 0.3) is 0 Å². The van der Waals surface area contributed by atoms with Crippen molar-refractivity contribution in [2.75, 3.05) is 0 Å². The van der Waals surface area contributed by atoms with Crippen LogP contribution in [0.5, 0.6) is 5.75 Å². The molecule has 0 heterocycles. The first-order valence-electron chi connectivity index (χ1n) is 9.85. The third-order valence-corrected chi connectivity index (χ3v) is 4.68. The maximum Gasteiger partial charge on any atom is 0.307 e. The van der Waals surface area contributed by atoms with Crippen molar-refractivity contribution < 1.29 is 19.4 Å². The SMILES string of the molecule is CC(Oc1ccc(CC(=O)O)cc1)C(=O)N(Cc1ccccc1)Cc1ccccc1. The molecule has 0 bridgehead atoms. The van der Waals surface area contributed by atoms with Crippen LogP contribution in [0.2, 0.25) is 0 Å². The molecule has 0 aliphatic heterocycles. The van der Waals surface area contributed by atoms with Crippen LogP contribution >= 0.6 is 0 Å². The molecule has 3 rings (SSSR count). The lowest BCUT2D eigenvalue weighted by molar-refractivity contribution is -0.139. The van der Waals surface area contributed by atoms with Gasteiger partial charge in [-0.3, -0.25) is 9.59 Å². The molecule has 0 radical (unpaired) electrons. The molecular weight excluding hydrogens is 378 g/mol. The van der Waals surface area contributed by atoms with E-state index in [-0.39, 0.29) is 12.3 Å². The van der Waals surface area contributed by atoms with E-state index in [1.807, 2.05) is 60.7 Å². The fourth-order valence-corrected chi connectivity index (χ4v) is 3.19. The summed E-state index contributed by atoms with van der Waals surface area (Å²) in [6, 6.07) is 26.5. The lowest BCUT2D eigenvalue weighted by Gasteiger charge is -2.26. The quantitative estimate of drug-likeness (QED) is 0.578. The van der Waals surface area contributed by atoms with Gasteiger partial charge in [-0.15, -0.1) is 0 Å². The van der Waals surface area contributed by atoms with Crippen molar-refractivity contribution in [2.24, 2.45) is 0 Å². The van der Waals surface area contributed by atoms with Gasteiger partial charge in [-0.1, -0.05) is 72.8 Å².